The van der Waals surface area contributed by atoms with Crippen LogP contribution in [0.25, 0.3) is 10.8 Å². The first-order valence-electron chi connectivity index (χ1n) is 11.9. The SMILES string of the molecule is C[C@H](Nc1cc(CN(C(=O)c2ccc3ccccc3c2)c2ccc(F)cc2)ccn1)c1ccccc1. The van der Waals surface area contributed by atoms with E-state index in [4.69, 9.17) is 0 Å². The molecular weight excluding hydrogens is 449 g/mol. The Morgan fingerprint density at radius 2 is 1.58 bits per heavy atom. The maximum atomic E-state index is 13.7. The zero-order valence-electron chi connectivity index (χ0n) is 19.9. The molecule has 1 atom stereocenters. The van der Waals surface area contributed by atoms with Crippen LogP contribution in [0.15, 0.2) is 115 Å². The molecule has 5 heteroatoms. The molecule has 36 heavy (non-hydrogen) atoms. The number of hydrogen-bond acceptors (Lipinski definition) is 3. The Bertz CT molecular complexity index is 1490. The Balaban J connectivity index is 1.44. The fourth-order valence-electron chi connectivity index (χ4n) is 4.26. The molecule has 0 aliphatic carbocycles. The number of fused-ring (bicyclic) bond motifs is 1. The molecule has 0 fully saturated rings. The molecule has 0 aliphatic heterocycles. The second kappa shape index (κ2) is 10.4. The van der Waals surface area contributed by atoms with E-state index in [1.165, 1.54) is 12.1 Å². The van der Waals surface area contributed by atoms with Gasteiger partial charge in [0.15, 0.2) is 0 Å². The summed E-state index contributed by atoms with van der Waals surface area (Å²) in [6, 6.07) is 33.7. The first kappa shape index (κ1) is 23.2. The molecule has 0 unspecified atom stereocenters. The Kier molecular flexibility index (Phi) is 6.72. The molecule has 5 aromatic rings. The van der Waals surface area contributed by atoms with Crippen LogP contribution >= 0.6 is 0 Å². The normalized spacial score (nSPS) is 11.7. The van der Waals surface area contributed by atoms with Crippen molar-refractivity contribution in [1.82, 2.24) is 4.98 Å². The van der Waals surface area contributed by atoms with E-state index in [-0.39, 0.29) is 17.8 Å². The highest BCUT2D eigenvalue weighted by Crippen LogP contribution is 2.24. The molecule has 1 N–H and O–H groups in total. The van der Waals surface area contributed by atoms with Gasteiger partial charge in [-0.2, -0.15) is 0 Å². The summed E-state index contributed by atoms with van der Waals surface area (Å²) in [4.78, 5) is 19.9. The van der Waals surface area contributed by atoms with Gasteiger partial charge in [0.05, 0.1) is 6.54 Å². The summed E-state index contributed by atoms with van der Waals surface area (Å²) >= 11 is 0. The minimum atomic E-state index is -0.345. The number of carbonyl (C=O) groups excluding carboxylic acids is 1. The number of amides is 1. The van der Waals surface area contributed by atoms with Gasteiger partial charge in [0.1, 0.15) is 11.6 Å². The summed E-state index contributed by atoms with van der Waals surface area (Å²) in [5, 5.41) is 5.50. The average Bonchev–Trinajstić information content (AvgIpc) is 2.92. The van der Waals surface area contributed by atoms with Crippen LogP contribution in [0, 0.1) is 5.82 Å². The quantitative estimate of drug-likeness (QED) is 0.267. The van der Waals surface area contributed by atoms with Crippen molar-refractivity contribution >= 4 is 28.2 Å². The van der Waals surface area contributed by atoms with E-state index in [9.17, 15) is 9.18 Å². The molecular formula is C31H26FN3O. The van der Waals surface area contributed by atoms with Gasteiger partial charge in [-0.3, -0.25) is 4.79 Å². The van der Waals surface area contributed by atoms with Crippen LogP contribution in [0.4, 0.5) is 15.9 Å². The van der Waals surface area contributed by atoms with Crippen molar-refractivity contribution < 1.29 is 9.18 Å². The lowest BCUT2D eigenvalue weighted by Gasteiger charge is -2.24. The number of aromatic nitrogens is 1. The number of carbonyl (C=O) groups is 1. The topological polar surface area (TPSA) is 45.2 Å². The molecule has 0 saturated heterocycles. The zero-order valence-corrected chi connectivity index (χ0v) is 19.9. The molecule has 0 radical (unpaired) electrons. The lowest BCUT2D eigenvalue weighted by Crippen LogP contribution is -2.30. The van der Waals surface area contributed by atoms with Crippen LogP contribution in [0.2, 0.25) is 0 Å². The number of halogens is 1. The summed E-state index contributed by atoms with van der Waals surface area (Å²) < 4.78 is 13.7. The van der Waals surface area contributed by atoms with E-state index in [1.54, 1.807) is 23.2 Å². The third kappa shape index (κ3) is 5.26. The van der Waals surface area contributed by atoms with Crippen molar-refractivity contribution in [2.75, 3.05) is 10.2 Å². The summed E-state index contributed by atoms with van der Waals surface area (Å²) in [7, 11) is 0. The maximum absolute atomic E-state index is 13.7. The molecule has 0 bridgehead atoms. The van der Waals surface area contributed by atoms with E-state index in [1.807, 2.05) is 72.8 Å². The second-order valence-corrected chi connectivity index (χ2v) is 8.76. The molecule has 1 heterocycles. The monoisotopic (exact) mass is 475 g/mol. The molecule has 5 rings (SSSR count). The van der Waals surface area contributed by atoms with Gasteiger partial charge in [-0.05, 0) is 77.4 Å². The lowest BCUT2D eigenvalue weighted by atomic mass is 10.1. The van der Waals surface area contributed by atoms with Gasteiger partial charge < -0.3 is 10.2 Å². The first-order chi connectivity index (χ1) is 17.6. The number of rotatable bonds is 7. The van der Waals surface area contributed by atoms with Gasteiger partial charge in [-0.1, -0.05) is 60.7 Å². The van der Waals surface area contributed by atoms with Crippen LogP contribution in [-0.4, -0.2) is 10.9 Å². The molecule has 178 valence electrons. The maximum Gasteiger partial charge on any atom is 0.258 e. The minimum absolute atomic E-state index is 0.0707. The Labute approximate surface area is 210 Å². The molecule has 0 spiro atoms. The van der Waals surface area contributed by atoms with Crippen LogP contribution in [0.1, 0.15) is 34.5 Å². The summed E-state index contributed by atoms with van der Waals surface area (Å²) in [5.41, 5.74) is 3.26. The van der Waals surface area contributed by atoms with Crippen LogP contribution in [-0.2, 0) is 6.54 Å². The third-order valence-corrected chi connectivity index (χ3v) is 6.21. The highest BCUT2D eigenvalue weighted by molar-refractivity contribution is 6.08. The van der Waals surface area contributed by atoms with E-state index >= 15 is 0 Å². The molecule has 1 aromatic heterocycles. The number of hydrogen-bond donors (Lipinski definition) is 1. The molecule has 0 saturated carbocycles. The van der Waals surface area contributed by atoms with Gasteiger partial charge in [-0.15, -0.1) is 0 Å². The minimum Gasteiger partial charge on any atom is -0.364 e. The van der Waals surface area contributed by atoms with Crippen molar-refractivity contribution in [3.05, 3.63) is 138 Å². The molecule has 4 aromatic carbocycles. The Morgan fingerprint density at radius 1 is 0.861 bits per heavy atom. The predicted octanol–water partition coefficient (Wildman–Crippen LogP) is 7.39. The average molecular weight is 476 g/mol. The Morgan fingerprint density at radius 3 is 2.36 bits per heavy atom. The molecule has 0 aliphatic rings. The molecule has 4 nitrogen and oxygen atoms in total. The van der Waals surface area contributed by atoms with Gasteiger partial charge in [-0.25, -0.2) is 9.37 Å². The van der Waals surface area contributed by atoms with Crippen molar-refractivity contribution in [2.24, 2.45) is 0 Å². The van der Waals surface area contributed by atoms with E-state index in [2.05, 4.69) is 29.4 Å². The van der Waals surface area contributed by atoms with E-state index in [0.29, 0.717) is 17.8 Å². The second-order valence-electron chi connectivity index (χ2n) is 8.76. The number of anilines is 2. The van der Waals surface area contributed by atoms with E-state index < -0.39 is 0 Å². The van der Waals surface area contributed by atoms with E-state index in [0.717, 1.165) is 27.7 Å². The fraction of sp³-hybridized carbons (Fsp3) is 0.0968. The number of pyridine rings is 1. The van der Waals surface area contributed by atoms with Crippen molar-refractivity contribution in [2.45, 2.75) is 19.5 Å². The fourth-order valence-corrected chi connectivity index (χ4v) is 4.26. The van der Waals surface area contributed by atoms with Gasteiger partial charge >= 0.3 is 0 Å². The van der Waals surface area contributed by atoms with Crippen LogP contribution in [0.5, 0.6) is 0 Å². The van der Waals surface area contributed by atoms with Crippen molar-refractivity contribution in [3.63, 3.8) is 0 Å². The molecule has 1 amide bonds. The summed E-state index contributed by atoms with van der Waals surface area (Å²) in [6.45, 7) is 2.39. The van der Waals surface area contributed by atoms with Crippen molar-refractivity contribution in [1.29, 1.82) is 0 Å². The predicted molar refractivity (Wildman–Crippen MR) is 144 cm³/mol. The smallest absolute Gasteiger partial charge is 0.258 e. The summed E-state index contributed by atoms with van der Waals surface area (Å²) in [5.74, 6) is 0.222. The van der Waals surface area contributed by atoms with Crippen molar-refractivity contribution in [3.8, 4) is 0 Å². The summed E-state index contributed by atoms with van der Waals surface area (Å²) in [6.07, 6.45) is 1.73. The highest BCUT2D eigenvalue weighted by atomic mass is 19.1. The number of nitrogens with zero attached hydrogens (tertiary/aromatic N) is 2. The largest absolute Gasteiger partial charge is 0.364 e. The zero-order chi connectivity index (χ0) is 24.9. The standard InChI is InChI=1S/C31H26FN3O/c1-22(24-7-3-2-4-8-24)34-30-19-23(17-18-33-30)21-35(29-15-13-28(32)14-16-29)31(36)27-12-11-25-9-5-6-10-26(25)20-27/h2-20,22H,21H2,1H3,(H,33,34)/t22-/m0/s1. The van der Waals surface area contributed by atoms with Gasteiger partial charge in [0.2, 0.25) is 0 Å². The number of nitrogens with one attached hydrogen (secondary N) is 1. The first-order valence-corrected chi connectivity index (χ1v) is 11.9. The van der Waals surface area contributed by atoms with Crippen LogP contribution in [0.3, 0.4) is 0 Å². The van der Waals surface area contributed by atoms with Gasteiger partial charge in [0.25, 0.3) is 5.91 Å². The number of benzene rings is 4. The van der Waals surface area contributed by atoms with Gasteiger partial charge in [0, 0.05) is 23.5 Å². The Hall–Kier alpha value is -4.51. The third-order valence-electron chi connectivity index (χ3n) is 6.21. The van der Waals surface area contributed by atoms with Crippen LogP contribution < -0.4 is 10.2 Å². The lowest BCUT2D eigenvalue weighted by molar-refractivity contribution is 0.0985. The highest BCUT2D eigenvalue weighted by Gasteiger charge is 2.19.